The van der Waals surface area contributed by atoms with Crippen LogP contribution >= 0.6 is 0 Å². The summed E-state index contributed by atoms with van der Waals surface area (Å²) in [6.07, 6.45) is -4.02. The third kappa shape index (κ3) is 2.37. The van der Waals surface area contributed by atoms with Crippen molar-refractivity contribution >= 4 is 0 Å². The predicted molar refractivity (Wildman–Crippen MR) is 51.7 cm³/mol. The molecule has 16 heavy (non-hydrogen) atoms. The first-order valence-electron chi connectivity index (χ1n) is 4.63. The van der Waals surface area contributed by atoms with E-state index in [1.54, 1.807) is 6.92 Å². The molecule has 0 bridgehead atoms. The highest BCUT2D eigenvalue weighted by Gasteiger charge is 2.34. The summed E-state index contributed by atoms with van der Waals surface area (Å²) in [5.41, 5.74) is -0.489. The lowest BCUT2D eigenvalue weighted by Gasteiger charge is -2.14. The van der Waals surface area contributed by atoms with Gasteiger partial charge in [0.25, 0.3) is 0 Å². The fourth-order valence-electron chi connectivity index (χ4n) is 1.35. The molecule has 1 aromatic heterocycles. The summed E-state index contributed by atoms with van der Waals surface area (Å²) in [6.45, 7) is 1.79. The van der Waals surface area contributed by atoms with Gasteiger partial charge in [0.2, 0.25) is 5.88 Å². The van der Waals surface area contributed by atoms with Crippen LogP contribution in [0, 0.1) is 0 Å². The lowest BCUT2D eigenvalue weighted by Crippen LogP contribution is -2.11. The summed E-state index contributed by atoms with van der Waals surface area (Å²) in [4.78, 5) is 3.41. The van der Waals surface area contributed by atoms with Gasteiger partial charge in [0.05, 0.1) is 19.8 Å². The molecule has 0 radical (unpaired) electrons. The first kappa shape index (κ1) is 12.6. The van der Waals surface area contributed by atoms with E-state index in [4.69, 9.17) is 9.47 Å². The first-order chi connectivity index (χ1) is 7.43. The maximum atomic E-state index is 12.5. The van der Waals surface area contributed by atoms with Crippen molar-refractivity contribution in [3.05, 3.63) is 17.3 Å². The molecule has 1 rings (SSSR count). The molecule has 0 aliphatic heterocycles. The number of nitrogens with zero attached hydrogens (tertiary/aromatic N) is 1. The zero-order chi connectivity index (χ0) is 12.3. The Labute approximate surface area is 91.2 Å². The second-order valence-electron chi connectivity index (χ2n) is 3.05. The smallest absolute Gasteiger partial charge is 0.433 e. The Morgan fingerprint density at radius 1 is 1.25 bits per heavy atom. The molecule has 1 aromatic rings. The number of halogens is 3. The molecular weight excluding hydrogens is 223 g/mol. The van der Waals surface area contributed by atoms with Gasteiger partial charge in [0.15, 0.2) is 5.69 Å². The molecule has 0 saturated carbocycles. The van der Waals surface area contributed by atoms with Crippen LogP contribution in [0.15, 0.2) is 6.07 Å². The van der Waals surface area contributed by atoms with Gasteiger partial charge in [0.1, 0.15) is 5.75 Å². The van der Waals surface area contributed by atoms with Gasteiger partial charge >= 0.3 is 6.18 Å². The lowest BCUT2D eigenvalue weighted by molar-refractivity contribution is -0.141. The fourth-order valence-corrected chi connectivity index (χ4v) is 1.35. The van der Waals surface area contributed by atoms with Crippen molar-refractivity contribution in [1.82, 2.24) is 4.98 Å². The number of hydrogen-bond acceptors (Lipinski definition) is 3. The van der Waals surface area contributed by atoms with Crippen LogP contribution in [0.1, 0.15) is 18.2 Å². The molecule has 3 nitrogen and oxygen atoms in total. The minimum Gasteiger partial charge on any atom is -0.496 e. The molecule has 0 spiro atoms. The summed E-state index contributed by atoms with van der Waals surface area (Å²) in [6, 6.07) is 0.876. The van der Waals surface area contributed by atoms with Gasteiger partial charge in [0, 0.05) is 6.07 Å². The van der Waals surface area contributed by atoms with Crippen molar-refractivity contribution in [1.29, 1.82) is 0 Å². The molecule has 0 atom stereocenters. The molecule has 90 valence electrons. The number of alkyl halides is 3. The van der Waals surface area contributed by atoms with Crippen LogP contribution in [0.3, 0.4) is 0 Å². The van der Waals surface area contributed by atoms with Crippen molar-refractivity contribution in [3.8, 4) is 11.6 Å². The van der Waals surface area contributed by atoms with Crippen LogP contribution in [-0.2, 0) is 12.6 Å². The topological polar surface area (TPSA) is 31.4 Å². The molecule has 0 N–H and O–H groups in total. The van der Waals surface area contributed by atoms with Crippen molar-refractivity contribution in [3.63, 3.8) is 0 Å². The zero-order valence-electron chi connectivity index (χ0n) is 9.18. The van der Waals surface area contributed by atoms with Crippen molar-refractivity contribution in [2.45, 2.75) is 19.5 Å². The Hall–Kier alpha value is -1.46. The third-order valence-corrected chi connectivity index (χ3v) is 2.10. The Bertz CT molecular complexity index is 352. The van der Waals surface area contributed by atoms with Gasteiger partial charge in [-0.25, -0.2) is 4.98 Å². The minimum atomic E-state index is -4.51. The van der Waals surface area contributed by atoms with E-state index in [1.807, 2.05) is 0 Å². The van der Waals surface area contributed by atoms with E-state index in [2.05, 4.69) is 4.98 Å². The highest BCUT2D eigenvalue weighted by Crippen LogP contribution is 2.35. The lowest BCUT2D eigenvalue weighted by atomic mass is 10.1. The molecule has 0 aliphatic rings. The average molecular weight is 235 g/mol. The van der Waals surface area contributed by atoms with Gasteiger partial charge in [-0.3, -0.25) is 0 Å². The van der Waals surface area contributed by atoms with E-state index < -0.39 is 11.9 Å². The van der Waals surface area contributed by atoms with E-state index >= 15 is 0 Å². The summed E-state index contributed by atoms with van der Waals surface area (Å²) < 4.78 is 47.2. The van der Waals surface area contributed by atoms with E-state index in [-0.39, 0.29) is 11.6 Å². The Morgan fingerprint density at radius 2 is 1.88 bits per heavy atom. The van der Waals surface area contributed by atoms with Gasteiger partial charge in [-0.15, -0.1) is 0 Å². The maximum Gasteiger partial charge on any atom is 0.433 e. The van der Waals surface area contributed by atoms with E-state index in [0.717, 1.165) is 6.07 Å². The second kappa shape index (κ2) is 4.59. The van der Waals surface area contributed by atoms with Crippen LogP contribution in [0.25, 0.3) is 0 Å². The number of hydrogen-bond donors (Lipinski definition) is 0. The first-order valence-corrected chi connectivity index (χ1v) is 4.63. The van der Waals surface area contributed by atoms with Gasteiger partial charge < -0.3 is 9.47 Å². The Kier molecular flexibility index (Phi) is 3.62. The molecule has 1 heterocycles. The summed E-state index contributed by atoms with van der Waals surface area (Å²) in [5, 5.41) is 0. The Morgan fingerprint density at radius 3 is 2.25 bits per heavy atom. The maximum absolute atomic E-state index is 12.5. The fraction of sp³-hybridized carbons (Fsp3) is 0.500. The molecule has 0 aliphatic carbocycles. The van der Waals surface area contributed by atoms with Gasteiger partial charge in [-0.2, -0.15) is 13.2 Å². The highest BCUT2D eigenvalue weighted by atomic mass is 19.4. The van der Waals surface area contributed by atoms with Crippen LogP contribution < -0.4 is 9.47 Å². The van der Waals surface area contributed by atoms with Crippen molar-refractivity contribution < 1.29 is 22.6 Å². The number of ether oxygens (including phenoxy) is 2. The second-order valence-corrected chi connectivity index (χ2v) is 3.05. The quantitative estimate of drug-likeness (QED) is 0.807. The third-order valence-electron chi connectivity index (χ3n) is 2.10. The molecule has 0 saturated heterocycles. The van der Waals surface area contributed by atoms with Crippen LogP contribution in [-0.4, -0.2) is 19.2 Å². The zero-order valence-corrected chi connectivity index (χ0v) is 9.18. The predicted octanol–water partition coefficient (Wildman–Crippen LogP) is 2.68. The normalized spacial score (nSPS) is 11.4. The van der Waals surface area contributed by atoms with E-state index in [1.165, 1.54) is 14.2 Å². The van der Waals surface area contributed by atoms with E-state index in [0.29, 0.717) is 12.0 Å². The molecule has 0 unspecified atom stereocenters. The SMILES string of the molecule is CCc1c(OC)cc(C(F)(F)F)nc1OC. The number of methoxy groups -OCH3 is 2. The Balaban J connectivity index is 3.37. The highest BCUT2D eigenvalue weighted by molar-refractivity contribution is 5.42. The van der Waals surface area contributed by atoms with Crippen molar-refractivity contribution in [2.75, 3.05) is 14.2 Å². The van der Waals surface area contributed by atoms with Gasteiger partial charge in [-0.1, -0.05) is 6.92 Å². The largest absolute Gasteiger partial charge is 0.496 e. The molecule has 0 aromatic carbocycles. The number of rotatable bonds is 3. The summed E-state index contributed by atoms with van der Waals surface area (Å²) in [7, 11) is 2.59. The molecular formula is C10H12F3NO2. The number of pyridine rings is 1. The average Bonchev–Trinajstić information content (AvgIpc) is 2.25. The summed E-state index contributed by atoms with van der Waals surface area (Å²) in [5.74, 6) is 0.0934. The minimum absolute atomic E-state index is 0.0471. The molecule has 0 fully saturated rings. The van der Waals surface area contributed by atoms with Crippen LogP contribution in [0.5, 0.6) is 11.6 Å². The van der Waals surface area contributed by atoms with Gasteiger partial charge in [-0.05, 0) is 6.42 Å². The number of aromatic nitrogens is 1. The monoisotopic (exact) mass is 235 g/mol. The van der Waals surface area contributed by atoms with Crippen LogP contribution in [0.4, 0.5) is 13.2 Å². The van der Waals surface area contributed by atoms with Crippen LogP contribution in [0.2, 0.25) is 0 Å². The summed E-state index contributed by atoms with van der Waals surface area (Å²) >= 11 is 0. The van der Waals surface area contributed by atoms with Crippen molar-refractivity contribution in [2.24, 2.45) is 0 Å². The standard InChI is InChI=1S/C10H12F3NO2/c1-4-6-7(15-2)5-8(10(11,12)13)14-9(6)16-3/h5H,4H2,1-3H3. The van der Waals surface area contributed by atoms with E-state index in [9.17, 15) is 13.2 Å². The molecule has 0 amide bonds. The molecule has 6 heteroatoms.